The van der Waals surface area contributed by atoms with Gasteiger partial charge in [0.25, 0.3) is 0 Å². The molecule has 1 atom stereocenters. The van der Waals surface area contributed by atoms with Gasteiger partial charge >= 0.3 is 0 Å². The first-order valence-corrected chi connectivity index (χ1v) is 5.17. The van der Waals surface area contributed by atoms with E-state index in [9.17, 15) is 4.79 Å². The standard InChI is InChI=1S/C11H13NO2/c13-10-11(5-1-2-6-11)9(12-10)8-4-3-7-14-8/h3-4,7,9H,1-2,5-6H2,(H,12,13)/t9-/m1/s1. The van der Waals surface area contributed by atoms with Crippen molar-refractivity contribution in [1.82, 2.24) is 5.32 Å². The number of carbonyl (C=O) groups is 1. The molecule has 2 aliphatic rings. The van der Waals surface area contributed by atoms with Crippen LogP contribution in [-0.2, 0) is 4.79 Å². The molecule has 2 fully saturated rings. The van der Waals surface area contributed by atoms with Crippen LogP contribution < -0.4 is 5.32 Å². The van der Waals surface area contributed by atoms with Gasteiger partial charge in [-0.1, -0.05) is 12.8 Å². The van der Waals surface area contributed by atoms with Crippen LogP contribution in [0.3, 0.4) is 0 Å². The Morgan fingerprint density at radius 3 is 2.79 bits per heavy atom. The summed E-state index contributed by atoms with van der Waals surface area (Å²) in [5.41, 5.74) is -0.127. The predicted molar refractivity (Wildman–Crippen MR) is 50.5 cm³/mol. The number of furan rings is 1. The van der Waals surface area contributed by atoms with Gasteiger partial charge in [0.1, 0.15) is 11.8 Å². The van der Waals surface area contributed by atoms with Crippen molar-refractivity contribution in [3.05, 3.63) is 24.2 Å². The minimum atomic E-state index is -0.127. The first-order valence-electron chi connectivity index (χ1n) is 5.17. The van der Waals surface area contributed by atoms with Crippen molar-refractivity contribution >= 4 is 5.91 Å². The topological polar surface area (TPSA) is 42.2 Å². The molecule has 1 aromatic heterocycles. The molecule has 3 heteroatoms. The number of carbonyl (C=O) groups excluding carboxylic acids is 1. The lowest BCUT2D eigenvalue weighted by Gasteiger charge is -2.45. The Bertz CT molecular complexity index is 349. The van der Waals surface area contributed by atoms with Crippen molar-refractivity contribution in [1.29, 1.82) is 0 Å². The van der Waals surface area contributed by atoms with Crippen molar-refractivity contribution < 1.29 is 9.21 Å². The molecule has 0 aromatic carbocycles. The highest BCUT2D eigenvalue weighted by atomic mass is 16.3. The van der Waals surface area contributed by atoms with Gasteiger partial charge in [0, 0.05) is 0 Å². The smallest absolute Gasteiger partial charge is 0.229 e. The molecule has 1 aliphatic heterocycles. The largest absolute Gasteiger partial charge is 0.467 e. The van der Waals surface area contributed by atoms with Crippen LogP contribution in [0.1, 0.15) is 37.5 Å². The van der Waals surface area contributed by atoms with Crippen LogP contribution in [-0.4, -0.2) is 5.91 Å². The average molecular weight is 191 g/mol. The second-order valence-electron chi connectivity index (χ2n) is 4.29. The molecule has 3 nitrogen and oxygen atoms in total. The molecular formula is C11H13NO2. The number of nitrogens with one attached hydrogen (secondary N) is 1. The molecule has 0 radical (unpaired) electrons. The Morgan fingerprint density at radius 1 is 1.43 bits per heavy atom. The van der Waals surface area contributed by atoms with E-state index in [4.69, 9.17) is 4.42 Å². The molecule has 1 aromatic rings. The molecule has 1 amide bonds. The molecule has 14 heavy (non-hydrogen) atoms. The maximum absolute atomic E-state index is 11.6. The van der Waals surface area contributed by atoms with Crippen LogP contribution >= 0.6 is 0 Å². The molecule has 0 bridgehead atoms. The molecular weight excluding hydrogens is 178 g/mol. The Labute approximate surface area is 82.5 Å². The summed E-state index contributed by atoms with van der Waals surface area (Å²) >= 11 is 0. The average Bonchev–Trinajstić information content (AvgIpc) is 2.85. The Kier molecular flexibility index (Phi) is 1.52. The molecule has 1 saturated carbocycles. The van der Waals surface area contributed by atoms with E-state index in [1.807, 2.05) is 12.1 Å². The van der Waals surface area contributed by atoms with E-state index in [0.717, 1.165) is 18.6 Å². The second kappa shape index (κ2) is 2.62. The van der Waals surface area contributed by atoms with Crippen molar-refractivity contribution in [2.45, 2.75) is 31.7 Å². The van der Waals surface area contributed by atoms with Gasteiger partial charge in [0.15, 0.2) is 0 Å². The number of hydrogen-bond acceptors (Lipinski definition) is 2. The molecule has 1 N–H and O–H groups in total. The summed E-state index contributed by atoms with van der Waals surface area (Å²) in [5, 5.41) is 2.95. The quantitative estimate of drug-likeness (QED) is 0.690. The number of hydrogen-bond donors (Lipinski definition) is 1. The summed E-state index contributed by atoms with van der Waals surface area (Å²) in [7, 11) is 0. The normalized spacial score (nSPS) is 28.9. The van der Waals surface area contributed by atoms with Gasteiger partial charge in [0.2, 0.25) is 5.91 Å². The lowest BCUT2D eigenvalue weighted by atomic mass is 9.70. The van der Waals surface area contributed by atoms with E-state index in [0.29, 0.717) is 0 Å². The number of rotatable bonds is 1. The van der Waals surface area contributed by atoms with Gasteiger partial charge in [-0.15, -0.1) is 0 Å². The van der Waals surface area contributed by atoms with E-state index in [1.165, 1.54) is 12.8 Å². The molecule has 74 valence electrons. The summed E-state index contributed by atoms with van der Waals surface area (Å²) in [6.45, 7) is 0. The first-order chi connectivity index (χ1) is 6.83. The highest BCUT2D eigenvalue weighted by molar-refractivity contribution is 5.90. The molecule has 2 heterocycles. The van der Waals surface area contributed by atoms with Crippen molar-refractivity contribution in [3.63, 3.8) is 0 Å². The highest BCUT2D eigenvalue weighted by Crippen LogP contribution is 2.53. The number of β-lactam (4-membered cyclic amide) rings is 1. The van der Waals surface area contributed by atoms with Crippen LogP contribution in [0.5, 0.6) is 0 Å². The zero-order valence-corrected chi connectivity index (χ0v) is 7.95. The molecule has 3 rings (SSSR count). The zero-order chi connectivity index (χ0) is 9.60. The Morgan fingerprint density at radius 2 is 2.21 bits per heavy atom. The Hall–Kier alpha value is -1.25. The molecule has 1 saturated heterocycles. The van der Waals surface area contributed by atoms with Gasteiger partial charge in [0.05, 0.1) is 11.7 Å². The van der Waals surface area contributed by atoms with Crippen molar-refractivity contribution in [3.8, 4) is 0 Å². The fraction of sp³-hybridized carbons (Fsp3) is 0.545. The maximum atomic E-state index is 11.6. The summed E-state index contributed by atoms with van der Waals surface area (Å²) in [5.74, 6) is 1.13. The van der Waals surface area contributed by atoms with E-state index >= 15 is 0 Å². The van der Waals surface area contributed by atoms with Gasteiger partial charge < -0.3 is 9.73 Å². The maximum Gasteiger partial charge on any atom is 0.229 e. The molecule has 1 spiro atoms. The van der Waals surface area contributed by atoms with Crippen molar-refractivity contribution in [2.75, 3.05) is 0 Å². The van der Waals surface area contributed by atoms with Crippen LogP contribution in [0.15, 0.2) is 22.8 Å². The van der Waals surface area contributed by atoms with Crippen molar-refractivity contribution in [2.24, 2.45) is 5.41 Å². The van der Waals surface area contributed by atoms with E-state index in [1.54, 1.807) is 6.26 Å². The molecule has 0 unspecified atom stereocenters. The van der Waals surface area contributed by atoms with Crippen LogP contribution in [0, 0.1) is 5.41 Å². The van der Waals surface area contributed by atoms with Crippen LogP contribution in [0.4, 0.5) is 0 Å². The van der Waals surface area contributed by atoms with E-state index in [-0.39, 0.29) is 17.4 Å². The van der Waals surface area contributed by atoms with Gasteiger partial charge in [-0.25, -0.2) is 0 Å². The first kappa shape index (κ1) is 8.09. The Balaban J connectivity index is 1.93. The minimum Gasteiger partial charge on any atom is -0.467 e. The van der Waals surface area contributed by atoms with E-state index in [2.05, 4.69) is 5.32 Å². The summed E-state index contributed by atoms with van der Waals surface area (Å²) in [4.78, 5) is 11.6. The van der Waals surface area contributed by atoms with Gasteiger partial charge in [-0.05, 0) is 25.0 Å². The van der Waals surface area contributed by atoms with E-state index < -0.39 is 0 Å². The second-order valence-corrected chi connectivity index (χ2v) is 4.29. The summed E-state index contributed by atoms with van der Waals surface area (Å²) < 4.78 is 5.36. The van der Waals surface area contributed by atoms with Crippen LogP contribution in [0.25, 0.3) is 0 Å². The number of amides is 1. The lowest BCUT2D eigenvalue weighted by molar-refractivity contribution is -0.146. The highest BCUT2D eigenvalue weighted by Gasteiger charge is 2.57. The SMILES string of the molecule is O=C1N[C@H](c2ccco2)C12CCCC2. The molecule has 1 aliphatic carbocycles. The third kappa shape index (κ3) is 0.846. The van der Waals surface area contributed by atoms with Gasteiger partial charge in [-0.2, -0.15) is 0 Å². The predicted octanol–water partition coefficient (Wildman–Crippen LogP) is 2.01. The third-order valence-electron chi connectivity index (χ3n) is 3.60. The zero-order valence-electron chi connectivity index (χ0n) is 7.95. The summed E-state index contributed by atoms with van der Waals surface area (Å²) in [6, 6.07) is 3.96. The van der Waals surface area contributed by atoms with Crippen LogP contribution in [0.2, 0.25) is 0 Å². The summed E-state index contributed by atoms with van der Waals surface area (Å²) in [6.07, 6.45) is 6.05. The van der Waals surface area contributed by atoms with Gasteiger partial charge in [-0.3, -0.25) is 4.79 Å². The fourth-order valence-corrected chi connectivity index (χ4v) is 2.79. The third-order valence-corrected chi connectivity index (χ3v) is 3.60. The minimum absolute atomic E-state index is 0.127. The monoisotopic (exact) mass is 191 g/mol. The fourth-order valence-electron chi connectivity index (χ4n) is 2.79. The lowest BCUT2D eigenvalue weighted by Crippen LogP contribution is -2.59.